The second-order valence-electron chi connectivity index (χ2n) is 6.89. The second kappa shape index (κ2) is 10.3. The van der Waals surface area contributed by atoms with E-state index in [9.17, 15) is 9.59 Å². The SMILES string of the molecule is COc1ccc(C(=O)N/C(=C\c2ccco2)C(=O)NCC2=CCCCC2)cc1OC. The van der Waals surface area contributed by atoms with Crippen LogP contribution in [0.25, 0.3) is 6.08 Å². The van der Waals surface area contributed by atoms with Crippen molar-refractivity contribution in [2.45, 2.75) is 25.7 Å². The molecule has 1 heterocycles. The van der Waals surface area contributed by atoms with E-state index in [0.717, 1.165) is 19.3 Å². The second-order valence-corrected chi connectivity index (χ2v) is 6.89. The van der Waals surface area contributed by atoms with Crippen molar-refractivity contribution in [3.05, 3.63) is 65.3 Å². The zero-order chi connectivity index (χ0) is 21.3. The van der Waals surface area contributed by atoms with Crippen LogP contribution >= 0.6 is 0 Å². The van der Waals surface area contributed by atoms with E-state index in [-0.39, 0.29) is 11.6 Å². The summed E-state index contributed by atoms with van der Waals surface area (Å²) in [6.07, 6.45) is 9.51. The Hall–Kier alpha value is -3.48. The van der Waals surface area contributed by atoms with Crippen LogP contribution in [0.3, 0.4) is 0 Å². The third-order valence-electron chi connectivity index (χ3n) is 4.83. The molecule has 2 N–H and O–H groups in total. The third-order valence-corrected chi connectivity index (χ3v) is 4.83. The van der Waals surface area contributed by atoms with Gasteiger partial charge < -0.3 is 24.5 Å². The molecule has 158 valence electrons. The molecule has 7 nitrogen and oxygen atoms in total. The highest BCUT2D eigenvalue weighted by Gasteiger charge is 2.17. The zero-order valence-electron chi connectivity index (χ0n) is 17.2. The standard InChI is InChI=1S/C23H26N2O5/c1-28-20-11-10-17(13-21(20)29-2)22(26)25-19(14-18-9-6-12-30-18)23(27)24-15-16-7-4-3-5-8-16/h6-7,9-14H,3-5,8,15H2,1-2H3,(H,24,27)(H,25,26)/b19-14-. The van der Waals surface area contributed by atoms with Gasteiger partial charge in [0.05, 0.1) is 20.5 Å². The first kappa shape index (κ1) is 21.2. The number of benzene rings is 1. The van der Waals surface area contributed by atoms with Gasteiger partial charge in [-0.2, -0.15) is 0 Å². The Bertz CT molecular complexity index is 945. The quantitative estimate of drug-likeness (QED) is 0.512. The molecular weight excluding hydrogens is 384 g/mol. The Morgan fingerprint density at radius 3 is 2.63 bits per heavy atom. The van der Waals surface area contributed by atoms with E-state index in [1.807, 2.05) is 0 Å². The number of hydrogen-bond donors (Lipinski definition) is 2. The van der Waals surface area contributed by atoms with Crippen molar-refractivity contribution in [2.24, 2.45) is 0 Å². The summed E-state index contributed by atoms with van der Waals surface area (Å²) in [4.78, 5) is 25.6. The van der Waals surface area contributed by atoms with Crippen LogP contribution in [0.5, 0.6) is 11.5 Å². The minimum Gasteiger partial charge on any atom is -0.493 e. The van der Waals surface area contributed by atoms with Crippen LogP contribution in [0.2, 0.25) is 0 Å². The van der Waals surface area contributed by atoms with Gasteiger partial charge in [0.1, 0.15) is 11.5 Å². The van der Waals surface area contributed by atoms with Crippen LogP contribution in [0.4, 0.5) is 0 Å². The fourth-order valence-electron chi connectivity index (χ4n) is 3.20. The molecule has 0 spiro atoms. The molecule has 30 heavy (non-hydrogen) atoms. The van der Waals surface area contributed by atoms with Crippen LogP contribution in [0.15, 0.2) is 58.4 Å². The van der Waals surface area contributed by atoms with Gasteiger partial charge in [0.15, 0.2) is 11.5 Å². The molecule has 2 aromatic rings. The number of amides is 2. The topological polar surface area (TPSA) is 89.8 Å². The van der Waals surface area contributed by atoms with Crippen molar-refractivity contribution >= 4 is 17.9 Å². The normalized spacial score (nSPS) is 13.9. The number of ether oxygens (including phenoxy) is 2. The lowest BCUT2D eigenvalue weighted by atomic mass is 10.00. The first-order valence-corrected chi connectivity index (χ1v) is 9.85. The first-order valence-electron chi connectivity index (χ1n) is 9.85. The summed E-state index contributed by atoms with van der Waals surface area (Å²) in [6.45, 7) is 0.459. The van der Waals surface area contributed by atoms with E-state index >= 15 is 0 Å². The largest absolute Gasteiger partial charge is 0.493 e. The van der Waals surface area contributed by atoms with Crippen LogP contribution in [0.1, 0.15) is 41.8 Å². The molecule has 7 heteroatoms. The molecule has 1 aliphatic carbocycles. The van der Waals surface area contributed by atoms with E-state index in [2.05, 4.69) is 16.7 Å². The molecule has 1 aromatic heterocycles. The molecule has 0 saturated heterocycles. The molecule has 0 saturated carbocycles. The average molecular weight is 410 g/mol. The maximum absolute atomic E-state index is 12.8. The summed E-state index contributed by atoms with van der Waals surface area (Å²) in [5.74, 6) is 0.575. The molecule has 0 aliphatic heterocycles. The monoisotopic (exact) mass is 410 g/mol. The van der Waals surface area contributed by atoms with Gasteiger partial charge in [0, 0.05) is 18.2 Å². The molecular formula is C23H26N2O5. The smallest absolute Gasteiger partial charge is 0.268 e. The van der Waals surface area contributed by atoms with E-state index in [1.54, 1.807) is 30.3 Å². The van der Waals surface area contributed by atoms with Gasteiger partial charge >= 0.3 is 0 Å². The highest BCUT2D eigenvalue weighted by atomic mass is 16.5. The zero-order valence-corrected chi connectivity index (χ0v) is 17.2. The number of nitrogens with one attached hydrogen (secondary N) is 2. The predicted molar refractivity (Wildman–Crippen MR) is 113 cm³/mol. The van der Waals surface area contributed by atoms with Crippen LogP contribution < -0.4 is 20.1 Å². The summed E-state index contributed by atoms with van der Waals surface area (Å²) in [6, 6.07) is 8.22. The fourth-order valence-corrected chi connectivity index (χ4v) is 3.20. The Kier molecular flexibility index (Phi) is 7.32. The van der Waals surface area contributed by atoms with E-state index in [1.165, 1.54) is 38.6 Å². The number of hydrogen-bond acceptors (Lipinski definition) is 5. The molecule has 1 aliphatic rings. The number of carbonyl (C=O) groups excluding carboxylic acids is 2. The highest BCUT2D eigenvalue weighted by Crippen LogP contribution is 2.27. The number of rotatable bonds is 8. The van der Waals surface area contributed by atoms with Crippen LogP contribution in [0, 0.1) is 0 Å². The molecule has 2 amide bonds. The summed E-state index contributed by atoms with van der Waals surface area (Å²) in [5.41, 5.74) is 1.64. The molecule has 0 unspecified atom stereocenters. The van der Waals surface area contributed by atoms with Crippen molar-refractivity contribution < 1.29 is 23.5 Å². The summed E-state index contributed by atoms with van der Waals surface area (Å²) < 4.78 is 15.8. The number of allylic oxidation sites excluding steroid dienone is 1. The molecule has 0 atom stereocenters. The maximum atomic E-state index is 12.8. The molecule has 3 rings (SSSR count). The van der Waals surface area contributed by atoms with Crippen molar-refractivity contribution in [3.63, 3.8) is 0 Å². The van der Waals surface area contributed by atoms with Crippen LogP contribution in [-0.4, -0.2) is 32.6 Å². The van der Waals surface area contributed by atoms with Crippen molar-refractivity contribution in [1.29, 1.82) is 0 Å². The van der Waals surface area contributed by atoms with Gasteiger partial charge in [-0.3, -0.25) is 9.59 Å². The van der Waals surface area contributed by atoms with Gasteiger partial charge in [0.2, 0.25) is 0 Å². The Balaban J connectivity index is 1.76. The molecule has 0 fully saturated rings. The fraction of sp³-hybridized carbons (Fsp3) is 0.304. The van der Waals surface area contributed by atoms with Gasteiger partial charge in [0.25, 0.3) is 11.8 Å². The predicted octanol–water partition coefficient (Wildman–Crippen LogP) is 3.68. The molecule has 1 aromatic carbocycles. The van der Waals surface area contributed by atoms with E-state index in [4.69, 9.17) is 13.9 Å². The minimum atomic E-state index is -0.444. The average Bonchev–Trinajstić information content (AvgIpc) is 3.30. The van der Waals surface area contributed by atoms with Crippen molar-refractivity contribution in [3.8, 4) is 11.5 Å². The molecule has 0 radical (unpaired) electrons. The highest BCUT2D eigenvalue weighted by molar-refractivity contribution is 6.05. The Labute approximate surface area is 175 Å². The van der Waals surface area contributed by atoms with Crippen LogP contribution in [-0.2, 0) is 4.79 Å². The summed E-state index contributed by atoms with van der Waals surface area (Å²) in [5, 5.41) is 5.57. The molecule has 0 bridgehead atoms. The van der Waals surface area contributed by atoms with Gasteiger partial charge in [-0.25, -0.2) is 0 Å². The van der Waals surface area contributed by atoms with Gasteiger partial charge in [-0.15, -0.1) is 0 Å². The lowest BCUT2D eigenvalue weighted by Crippen LogP contribution is -2.35. The Morgan fingerprint density at radius 1 is 1.13 bits per heavy atom. The minimum absolute atomic E-state index is 0.0983. The van der Waals surface area contributed by atoms with Gasteiger partial charge in [-0.1, -0.05) is 11.6 Å². The lowest BCUT2D eigenvalue weighted by Gasteiger charge is -2.15. The number of methoxy groups -OCH3 is 2. The third kappa shape index (κ3) is 5.53. The number of carbonyl (C=O) groups is 2. The van der Waals surface area contributed by atoms with E-state index < -0.39 is 5.91 Å². The number of furan rings is 1. The first-order chi connectivity index (χ1) is 14.6. The van der Waals surface area contributed by atoms with E-state index in [0.29, 0.717) is 29.4 Å². The lowest BCUT2D eigenvalue weighted by molar-refractivity contribution is -0.117. The maximum Gasteiger partial charge on any atom is 0.268 e. The Morgan fingerprint density at radius 2 is 1.97 bits per heavy atom. The summed E-state index contributed by atoms with van der Waals surface area (Å²) in [7, 11) is 3.02. The van der Waals surface area contributed by atoms with Crippen molar-refractivity contribution in [2.75, 3.05) is 20.8 Å². The van der Waals surface area contributed by atoms with Crippen molar-refractivity contribution in [1.82, 2.24) is 10.6 Å². The van der Waals surface area contributed by atoms with Gasteiger partial charge in [-0.05, 0) is 56.0 Å². The summed E-state index contributed by atoms with van der Waals surface area (Å²) >= 11 is 0.